The molecule has 0 aliphatic heterocycles. The summed E-state index contributed by atoms with van der Waals surface area (Å²) in [4.78, 5) is 25.0. The Morgan fingerprint density at radius 3 is 2.47 bits per heavy atom. The first-order valence-electron chi connectivity index (χ1n) is 9.19. The fraction of sp³-hybridized carbons (Fsp3) is 0.0833. The third-order valence-corrected chi connectivity index (χ3v) is 4.57. The van der Waals surface area contributed by atoms with Gasteiger partial charge >= 0.3 is 5.97 Å². The Balaban J connectivity index is 1.61. The smallest absolute Gasteiger partial charge is 0.343 e. The van der Waals surface area contributed by atoms with Crippen LogP contribution in [0.5, 0.6) is 17.2 Å². The molecular weight excluding hydrogens is 387 g/mol. The molecule has 0 aliphatic rings. The number of rotatable bonds is 4. The summed E-state index contributed by atoms with van der Waals surface area (Å²) in [6.07, 6.45) is 1.23. The van der Waals surface area contributed by atoms with E-state index in [2.05, 4.69) is 0 Å². The molecule has 0 saturated carbocycles. The molecule has 4 aromatic rings. The van der Waals surface area contributed by atoms with Crippen molar-refractivity contribution in [2.75, 3.05) is 0 Å². The van der Waals surface area contributed by atoms with E-state index >= 15 is 0 Å². The number of hydrogen-bond donors (Lipinski definition) is 0. The van der Waals surface area contributed by atoms with E-state index in [4.69, 9.17) is 13.9 Å². The highest BCUT2D eigenvalue weighted by Crippen LogP contribution is 2.27. The summed E-state index contributed by atoms with van der Waals surface area (Å²) in [5.41, 5.74) is 2.01. The number of benzene rings is 3. The molecule has 0 amide bonds. The molecule has 0 spiro atoms. The minimum Gasteiger partial charge on any atom is -0.460 e. The molecule has 3 aromatic carbocycles. The molecule has 0 bridgehead atoms. The van der Waals surface area contributed by atoms with Gasteiger partial charge in [0.2, 0.25) is 11.2 Å². The Bertz CT molecular complexity index is 1310. The molecule has 150 valence electrons. The van der Waals surface area contributed by atoms with Gasteiger partial charge in [0.1, 0.15) is 29.2 Å². The lowest BCUT2D eigenvalue weighted by Crippen LogP contribution is -2.09. The highest BCUT2D eigenvalue weighted by Gasteiger charge is 2.14. The topological polar surface area (TPSA) is 65.7 Å². The van der Waals surface area contributed by atoms with Crippen molar-refractivity contribution in [3.05, 3.63) is 99.7 Å². The van der Waals surface area contributed by atoms with E-state index in [0.29, 0.717) is 11.1 Å². The van der Waals surface area contributed by atoms with E-state index < -0.39 is 11.8 Å². The lowest BCUT2D eigenvalue weighted by molar-refractivity contribution is 0.0735. The second kappa shape index (κ2) is 7.83. The van der Waals surface area contributed by atoms with Crippen LogP contribution in [0, 0.1) is 19.7 Å². The number of fused-ring (bicyclic) bond motifs is 1. The van der Waals surface area contributed by atoms with Gasteiger partial charge in [-0.25, -0.2) is 9.18 Å². The van der Waals surface area contributed by atoms with Crippen LogP contribution in [-0.2, 0) is 0 Å². The highest BCUT2D eigenvalue weighted by atomic mass is 19.1. The first kappa shape index (κ1) is 19.4. The molecule has 0 unspecified atom stereocenters. The minimum atomic E-state index is -0.647. The third-order valence-electron chi connectivity index (χ3n) is 4.57. The molecule has 1 heterocycles. The first-order valence-corrected chi connectivity index (χ1v) is 9.19. The molecule has 0 atom stereocenters. The third kappa shape index (κ3) is 3.93. The van der Waals surface area contributed by atoms with Gasteiger partial charge in [-0.15, -0.1) is 0 Å². The van der Waals surface area contributed by atoms with Crippen molar-refractivity contribution in [3.63, 3.8) is 0 Å². The Hall–Kier alpha value is -3.93. The van der Waals surface area contributed by atoms with E-state index in [1.807, 2.05) is 32.0 Å². The molecule has 0 fully saturated rings. The van der Waals surface area contributed by atoms with Crippen LogP contribution >= 0.6 is 0 Å². The first-order chi connectivity index (χ1) is 14.4. The van der Waals surface area contributed by atoms with Crippen LogP contribution in [0.3, 0.4) is 0 Å². The zero-order valence-electron chi connectivity index (χ0n) is 16.3. The van der Waals surface area contributed by atoms with Gasteiger partial charge in [-0.1, -0.05) is 12.1 Å². The molecule has 4 rings (SSSR count). The van der Waals surface area contributed by atoms with Crippen LogP contribution in [0.1, 0.15) is 21.5 Å². The summed E-state index contributed by atoms with van der Waals surface area (Å²) in [5, 5.41) is 0.291. The number of aryl methyl sites for hydroxylation is 2. The standard InChI is InChI=1S/C24H17FO5/c1-14-3-4-15(2)20(11-14)30-22-13-28-21-12-18(9-10-19(21)23(22)26)29-24(27)16-5-7-17(25)8-6-16/h3-13H,1-2H3. The number of carbonyl (C=O) groups is 1. The van der Waals surface area contributed by atoms with Crippen LogP contribution in [0.25, 0.3) is 11.0 Å². The summed E-state index contributed by atoms with van der Waals surface area (Å²) in [6.45, 7) is 3.82. The van der Waals surface area contributed by atoms with Crippen LogP contribution in [0.2, 0.25) is 0 Å². The fourth-order valence-corrected chi connectivity index (χ4v) is 2.91. The van der Waals surface area contributed by atoms with E-state index in [9.17, 15) is 14.0 Å². The van der Waals surface area contributed by atoms with Gasteiger partial charge in [-0.3, -0.25) is 4.79 Å². The summed E-state index contributed by atoms with van der Waals surface area (Å²) >= 11 is 0. The molecule has 0 N–H and O–H groups in total. The van der Waals surface area contributed by atoms with E-state index in [1.54, 1.807) is 0 Å². The highest BCUT2D eigenvalue weighted by molar-refractivity contribution is 5.91. The van der Waals surface area contributed by atoms with E-state index in [-0.39, 0.29) is 28.1 Å². The number of ether oxygens (including phenoxy) is 2. The van der Waals surface area contributed by atoms with Crippen LogP contribution in [0.4, 0.5) is 4.39 Å². The van der Waals surface area contributed by atoms with Gasteiger partial charge in [0.05, 0.1) is 10.9 Å². The molecule has 1 aromatic heterocycles. The van der Waals surface area contributed by atoms with Crippen LogP contribution in [0.15, 0.2) is 76.1 Å². The van der Waals surface area contributed by atoms with Crippen LogP contribution < -0.4 is 14.9 Å². The van der Waals surface area contributed by atoms with Gasteiger partial charge in [0.25, 0.3) is 0 Å². The Morgan fingerprint density at radius 1 is 0.933 bits per heavy atom. The van der Waals surface area contributed by atoms with Crippen molar-refractivity contribution in [3.8, 4) is 17.2 Å². The molecular formula is C24H17FO5. The second-order valence-corrected chi connectivity index (χ2v) is 6.85. The molecule has 0 aliphatic carbocycles. The number of esters is 1. The zero-order chi connectivity index (χ0) is 21.3. The van der Waals surface area contributed by atoms with Crippen molar-refractivity contribution < 1.29 is 23.1 Å². The van der Waals surface area contributed by atoms with Crippen molar-refractivity contribution >= 4 is 16.9 Å². The molecule has 0 saturated heterocycles. The van der Waals surface area contributed by atoms with Crippen LogP contribution in [-0.4, -0.2) is 5.97 Å². The summed E-state index contributed by atoms with van der Waals surface area (Å²) in [6, 6.07) is 15.2. The van der Waals surface area contributed by atoms with Gasteiger partial charge < -0.3 is 13.9 Å². The molecule has 0 radical (unpaired) electrons. The predicted octanol–water partition coefficient (Wildman–Crippen LogP) is 5.56. The zero-order valence-corrected chi connectivity index (χ0v) is 16.3. The summed E-state index contributed by atoms with van der Waals surface area (Å²) < 4.78 is 29.6. The fourth-order valence-electron chi connectivity index (χ4n) is 2.91. The Morgan fingerprint density at radius 2 is 1.70 bits per heavy atom. The molecule has 6 heteroatoms. The Labute approximate surface area is 171 Å². The number of halogens is 1. The lowest BCUT2D eigenvalue weighted by Gasteiger charge is -2.10. The Kier molecular flexibility index (Phi) is 5.06. The number of carbonyl (C=O) groups excluding carboxylic acids is 1. The minimum absolute atomic E-state index is 0.0623. The largest absolute Gasteiger partial charge is 0.460 e. The van der Waals surface area contributed by atoms with Gasteiger partial charge in [-0.2, -0.15) is 0 Å². The maximum absolute atomic E-state index is 13.0. The van der Waals surface area contributed by atoms with E-state index in [0.717, 1.165) is 11.1 Å². The van der Waals surface area contributed by atoms with E-state index in [1.165, 1.54) is 48.7 Å². The molecule has 30 heavy (non-hydrogen) atoms. The van der Waals surface area contributed by atoms with Crippen molar-refractivity contribution in [2.24, 2.45) is 0 Å². The average Bonchev–Trinajstić information content (AvgIpc) is 2.73. The number of hydrogen-bond acceptors (Lipinski definition) is 5. The van der Waals surface area contributed by atoms with Gasteiger partial charge in [0.15, 0.2) is 0 Å². The maximum Gasteiger partial charge on any atom is 0.343 e. The summed E-state index contributed by atoms with van der Waals surface area (Å²) in [7, 11) is 0. The SMILES string of the molecule is Cc1ccc(C)c(Oc2coc3cc(OC(=O)c4ccc(F)cc4)ccc3c2=O)c1. The second-order valence-electron chi connectivity index (χ2n) is 6.85. The predicted molar refractivity (Wildman–Crippen MR) is 110 cm³/mol. The molecule has 5 nitrogen and oxygen atoms in total. The van der Waals surface area contributed by atoms with Crippen molar-refractivity contribution in [1.82, 2.24) is 0 Å². The monoisotopic (exact) mass is 404 g/mol. The van der Waals surface area contributed by atoms with Crippen molar-refractivity contribution in [1.29, 1.82) is 0 Å². The lowest BCUT2D eigenvalue weighted by atomic mass is 10.1. The van der Waals surface area contributed by atoms with Gasteiger partial charge in [0, 0.05) is 6.07 Å². The summed E-state index contributed by atoms with van der Waals surface area (Å²) in [5.74, 6) is -0.258. The average molecular weight is 404 g/mol. The maximum atomic E-state index is 13.0. The van der Waals surface area contributed by atoms with Crippen molar-refractivity contribution in [2.45, 2.75) is 13.8 Å². The quantitative estimate of drug-likeness (QED) is 0.329. The van der Waals surface area contributed by atoms with Gasteiger partial charge in [-0.05, 0) is 67.4 Å². The normalized spacial score (nSPS) is 10.8.